The Morgan fingerprint density at radius 2 is 2.14 bits per heavy atom. The van der Waals surface area contributed by atoms with E-state index >= 15 is 0 Å². The van der Waals surface area contributed by atoms with Crippen molar-refractivity contribution in [2.75, 3.05) is 11.5 Å². The Labute approximate surface area is 136 Å². The van der Waals surface area contributed by atoms with E-state index in [1.165, 1.54) is 30.0 Å². The Morgan fingerprint density at radius 3 is 2.82 bits per heavy atom. The minimum atomic E-state index is -0.0917. The van der Waals surface area contributed by atoms with Gasteiger partial charge in [0.05, 0.1) is 17.2 Å². The van der Waals surface area contributed by atoms with Gasteiger partial charge in [0.25, 0.3) is 0 Å². The summed E-state index contributed by atoms with van der Waals surface area (Å²) in [4.78, 5) is 32.9. The smallest absolute Gasteiger partial charge is 0.217 e. The van der Waals surface area contributed by atoms with E-state index in [4.69, 9.17) is 5.73 Å². The number of amides is 1. The molecular formula is C14H16N4O2S2. The van der Waals surface area contributed by atoms with Gasteiger partial charge in [0.1, 0.15) is 5.82 Å². The van der Waals surface area contributed by atoms with Crippen LogP contribution >= 0.6 is 23.1 Å². The molecule has 8 heteroatoms. The van der Waals surface area contributed by atoms with Crippen LogP contribution in [0.2, 0.25) is 0 Å². The predicted octanol–water partition coefficient (Wildman–Crippen LogP) is 2.04. The molecule has 2 rings (SSSR count). The van der Waals surface area contributed by atoms with Gasteiger partial charge in [-0.05, 0) is 19.1 Å². The highest BCUT2D eigenvalue weighted by molar-refractivity contribution is 7.99. The number of thiophene rings is 1. The van der Waals surface area contributed by atoms with E-state index in [0.717, 1.165) is 10.6 Å². The Bertz CT molecular complexity index is 680. The van der Waals surface area contributed by atoms with Gasteiger partial charge in [-0.2, -0.15) is 0 Å². The molecule has 3 N–H and O–H groups in total. The lowest BCUT2D eigenvalue weighted by atomic mass is 10.3. The minimum Gasteiger partial charge on any atom is -0.384 e. The van der Waals surface area contributed by atoms with Crippen LogP contribution in [0.3, 0.4) is 0 Å². The first-order valence-corrected chi connectivity index (χ1v) is 8.34. The molecule has 2 aromatic rings. The summed E-state index contributed by atoms with van der Waals surface area (Å²) in [5, 5.41) is 3.21. The molecule has 116 valence electrons. The molecule has 6 nitrogen and oxygen atoms in total. The number of hydrogen-bond donors (Lipinski definition) is 2. The van der Waals surface area contributed by atoms with Gasteiger partial charge in [-0.3, -0.25) is 9.59 Å². The average molecular weight is 336 g/mol. The maximum Gasteiger partial charge on any atom is 0.217 e. The molecule has 1 amide bonds. The summed E-state index contributed by atoms with van der Waals surface area (Å²) in [6.45, 7) is 3.74. The highest BCUT2D eigenvalue weighted by Crippen LogP contribution is 2.21. The lowest BCUT2D eigenvalue weighted by molar-refractivity contribution is -0.119. The van der Waals surface area contributed by atoms with Crippen molar-refractivity contribution in [2.24, 2.45) is 0 Å². The third-order valence-corrected chi connectivity index (χ3v) is 4.61. The van der Waals surface area contributed by atoms with Gasteiger partial charge in [0.2, 0.25) is 5.91 Å². The van der Waals surface area contributed by atoms with Gasteiger partial charge in [0.15, 0.2) is 10.9 Å². The molecule has 0 bridgehead atoms. The van der Waals surface area contributed by atoms with Crippen LogP contribution in [0.1, 0.15) is 27.2 Å². The number of nitrogen functional groups attached to an aromatic ring is 1. The molecule has 2 heterocycles. The highest BCUT2D eigenvalue weighted by Gasteiger charge is 2.11. The summed E-state index contributed by atoms with van der Waals surface area (Å²) in [6, 6.07) is 5.30. The monoisotopic (exact) mass is 336 g/mol. The molecular weight excluding hydrogens is 320 g/mol. The number of aryl methyl sites for hydroxylation is 1. The second kappa shape index (κ2) is 7.37. The number of rotatable bonds is 6. The normalized spacial score (nSPS) is 10.5. The zero-order valence-electron chi connectivity index (χ0n) is 12.3. The van der Waals surface area contributed by atoms with Gasteiger partial charge < -0.3 is 11.1 Å². The summed E-state index contributed by atoms with van der Waals surface area (Å²) in [5.74, 6) is 0.568. The summed E-state index contributed by atoms with van der Waals surface area (Å²) < 4.78 is 0. The van der Waals surface area contributed by atoms with Crippen LogP contribution in [0.15, 0.2) is 23.4 Å². The molecule has 0 radical (unpaired) electrons. The van der Waals surface area contributed by atoms with E-state index in [9.17, 15) is 9.59 Å². The molecule has 0 saturated carbocycles. The van der Waals surface area contributed by atoms with Crippen molar-refractivity contribution in [2.45, 2.75) is 25.5 Å². The largest absolute Gasteiger partial charge is 0.384 e. The summed E-state index contributed by atoms with van der Waals surface area (Å²) in [7, 11) is 0. The second-order valence-corrected chi connectivity index (χ2v) is 6.72. The maximum atomic E-state index is 12.2. The number of nitrogens with zero attached hydrogens (tertiary/aromatic N) is 2. The van der Waals surface area contributed by atoms with Crippen molar-refractivity contribution in [3.63, 3.8) is 0 Å². The standard InChI is InChI=1S/C14H16N4O2S2/c1-8-5-13(15)18-14(17-8)21-7-11(20)12-4-3-10(22-12)6-16-9(2)19/h3-5H,6-7H2,1-2H3,(H,16,19)(H2,15,17,18). The zero-order valence-corrected chi connectivity index (χ0v) is 13.9. The summed E-state index contributed by atoms with van der Waals surface area (Å²) in [5.41, 5.74) is 6.43. The average Bonchev–Trinajstić information content (AvgIpc) is 2.90. The number of anilines is 1. The van der Waals surface area contributed by atoms with Crippen LogP contribution in [-0.4, -0.2) is 27.4 Å². The number of aromatic nitrogens is 2. The van der Waals surface area contributed by atoms with Crippen LogP contribution in [0.4, 0.5) is 5.82 Å². The molecule has 0 atom stereocenters. The number of ketones is 1. The first-order valence-electron chi connectivity index (χ1n) is 6.54. The predicted molar refractivity (Wildman–Crippen MR) is 88.1 cm³/mol. The minimum absolute atomic E-state index is 0.00718. The number of Topliss-reactive ketones (excluding diaryl/α,β-unsaturated/α-hetero) is 1. The van der Waals surface area contributed by atoms with Gasteiger partial charge >= 0.3 is 0 Å². The van der Waals surface area contributed by atoms with Crippen molar-refractivity contribution >= 4 is 40.6 Å². The molecule has 0 aromatic carbocycles. The van der Waals surface area contributed by atoms with Gasteiger partial charge in [-0.25, -0.2) is 9.97 Å². The van der Waals surface area contributed by atoms with E-state index in [1.54, 1.807) is 12.1 Å². The second-order valence-electron chi connectivity index (χ2n) is 4.60. The van der Waals surface area contributed by atoms with Gasteiger partial charge in [-0.1, -0.05) is 11.8 Å². The Morgan fingerprint density at radius 1 is 1.36 bits per heavy atom. The van der Waals surface area contributed by atoms with Crippen molar-refractivity contribution in [3.8, 4) is 0 Å². The van der Waals surface area contributed by atoms with Gasteiger partial charge in [0, 0.05) is 23.6 Å². The molecule has 0 spiro atoms. The number of carbonyl (C=O) groups excluding carboxylic acids is 2. The lowest BCUT2D eigenvalue weighted by Crippen LogP contribution is -2.18. The van der Waals surface area contributed by atoms with Crippen molar-refractivity contribution in [1.82, 2.24) is 15.3 Å². The quantitative estimate of drug-likeness (QED) is 0.476. The van der Waals surface area contributed by atoms with E-state index < -0.39 is 0 Å². The van der Waals surface area contributed by atoms with E-state index in [2.05, 4.69) is 15.3 Å². The van der Waals surface area contributed by atoms with Crippen LogP contribution in [0.5, 0.6) is 0 Å². The van der Waals surface area contributed by atoms with Crippen LogP contribution in [0, 0.1) is 6.92 Å². The van der Waals surface area contributed by atoms with E-state index in [1.807, 2.05) is 13.0 Å². The third-order valence-electron chi connectivity index (χ3n) is 2.63. The third kappa shape index (κ3) is 4.81. The first kappa shape index (κ1) is 16.4. The summed E-state index contributed by atoms with van der Waals surface area (Å²) in [6.07, 6.45) is 0. The lowest BCUT2D eigenvalue weighted by Gasteiger charge is -2.01. The molecule has 22 heavy (non-hydrogen) atoms. The van der Waals surface area contributed by atoms with Crippen LogP contribution in [-0.2, 0) is 11.3 Å². The highest BCUT2D eigenvalue weighted by atomic mass is 32.2. The summed E-state index contributed by atoms with van der Waals surface area (Å²) >= 11 is 2.65. The number of thioether (sulfide) groups is 1. The topological polar surface area (TPSA) is 98.0 Å². The molecule has 0 saturated heterocycles. The maximum absolute atomic E-state index is 12.2. The Kier molecular flexibility index (Phi) is 5.51. The molecule has 2 aromatic heterocycles. The first-order chi connectivity index (χ1) is 10.4. The van der Waals surface area contributed by atoms with Crippen molar-refractivity contribution in [3.05, 3.63) is 33.6 Å². The van der Waals surface area contributed by atoms with E-state index in [-0.39, 0.29) is 17.4 Å². The fourth-order valence-electron chi connectivity index (χ4n) is 1.67. The Balaban J connectivity index is 1.93. The van der Waals surface area contributed by atoms with Gasteiger partial charge in [-0.15, -0.1) is 11.3 Å². The zero-order chi connectivity index (χ0) is 16.1. The number of hydrogen-bond acceptors (Lipinski definition) is 7. The molecule has 0 aliphatic rings. The molecule has 0 fully saturated rings. The van der Waals surface area contributed by atoms with E-state index in [0.29, 0.717) is 22.4 Å². The number of nitrogens with two attached hydrogens (primary N) is 1. The van der Waals surface area contributed by atoms with Crippen molar-refractivity contribution < 1.29 is 9.59 Å². The van der Waals surface area contributed by atoms with Crippen molar-refractivity contribution in [1.29, 1.82) is 0 Å². The fourth-order valence-corrected chi connectivity index (χ4v) is 3.44. The SMILES string of the molecule is CC(=O)NCc1ccc(C(=O)CSc2nc(C)cc(N)n2)s1. The van der Waals surface area contributed by atoms with Crippen LogP contribution < -0.4 is 11.1 Å². The molecule has 0 aliphatic carbocycles. The van der Waals surface area contributed by atoms with Crippen LogP contribution in [0.25, 0.3) is 0 Å². The number of carbonyl (C=O) groups is 2. The molecule has 0 unspecified atom stereocenters. The molecule has 0 aliphatic heterocycles. The fraction of sp³-hybridized carbons (Fsp3) is 0.286. The Hall–Kier alpha value is -1.93. The number of nitrogens with one attached hydrogen (secondary N) is 1.